The van der Waals surface area contributed by atoms with Gasteiger partial charge in [0.2, 0.25) is 5.91 Å². The van der Waals surface area contributed by atoms with Crippen LogP contribution in [0.5, 0.6) is 0 Å². The van der Waals surface area contributed by atoms with Crippen LogP contribution in [0.3, 0.4) is 0 Å². The van der Waals surface area contributed by atoms with Gasteiger partial charge in [0.1, 0.15) is 10.6 Å². The summed E-state index contributed by atoms with van der Waals surface area (Å²) in [5.41, 5.74) is 7.24. The Morgan fingerprint density at radius 1 is 1.28 bits per heavy atom. The molecule has 0 aliphatic carbocycles. The number of hydrogen-bond donors (Lipinski definition) is 2. The lowest BCUT2D eigenvalue weighted by atomic mass is 10.2. The smallest absolute Gasteiger partial charge is 0.234 e. The first-order chi connectivity index (χ1) is 11.8. The highest BCUT2D eigenvalue weighted by Crippen LogP contribution is 2.33. The topological polar surface area (TPSA) is 80.9 Å². The minimum absolute atomic E-state index is 0.0211. The van der Waals surface area contributed by atoms with Gasteiger partial charge in [0.15, 0.2) is 16.8 Å². The van der Waals surface area contributed by atoms with Crippen LogP contribution in [0.4, 0.5) is 20.3 Å². The van der Waals surface area contributed by atoms with Crippen LogP contribution < -0.4 is 11.1 Å². The van der Waals surface area contributed by atoms with Gasteiger partial charge in [-0.25, -0.2) is 18.7 Å². The summed E-state index contributed by atoms with van der Waals surface area (Å²) in [4.78, 5) is 22.5. The number of thioether (sulfide) groups is 1. The van der Waals surface area contributed by atoms with Crippen LogP contribution >= 0.6 is 23.1 Å². The van der Waals surface area contributed by atoms with Crippen molar-refractivity contribution in [3.05, 3.63) is 40.3 Å². The highest BCUT2D eigenvalue weighted by atomic mass is 32.2. The van der Waals surface area contributed by atoms with Crippen LogP contribution in [0, 0.1) is 25.5 Å². The van der Waals surface area contributed by atoms with Crippen LogP contribution in [-0.2, 0) is 4.79 Å². The number of amides is 1. The molecule has 3 rings (SSSR count). The Morgan fingerprint density at radius 2 is 2.04 bits per heavy atom. The Kier molecular flexibility index (Phi) is 4.87. The second-order valence-electron chi connectivity index (χ2n) is 5.32. The fourth-order valence-electron chi connectivity index (χ4n) is 2.23. The molecule has 9 heteroatoms. The van der Waals surface area contributed by atoms with Crippen molar-refractivity contribution < 1.29 is 13.6 Å². The van der Waals surface area contributed by atoms with Crippen molar-refractivity contribution in [1.82, 2.24) is 9.97 Å². The molecular formula is C16H14F2N4OS2. The summed E-state index contributed by atoms with van der Waals surface area (Å²) >= 11 is 2.65. The third-order valence-electron chi connectivity index (χ3n) is 3.57. The monoisotopic (exact) mass is 380 g/mol. The fourth-order valence-corrected chi connectivity index (χ4v) is 3.97. The molecule has 3 N–H and O–H groups in total. The average Bonchev–Trinajstić information content (AvgIpc) is 2.84. The maximum Gasteiger partial charge on any atom is 0.234 e. The zero-order valence-electron chi connectivity index (χ0n) is 13.4. The molecule has 2 heterocycles. The number of nitrogens with zero attached hydrogens (tertiary/aromatic N) is 2. The van der Waals surface area contributed by atoms with Crippen molar-refractivity contribution in [3.8, 4) is 0 Å². The molecule has 1 aromatic carbocycles. The zero-order chi connectivity index (χ0) is 18.1. The van der Waals surface area contributed by atoms with Gasteiger partial charge in [-0.15, -0.1) is 11.3 Å². The number of benzene rings is 1. The van der Waals surface area contributed by atoms with Gasteiger partial charge in [0.05, 0.1) is 11.1 Å². The summed E-state index contributed by atoms with van der Waals surface area (Å²) in [5, 5.41) is 3.74. The van der Waals surface area contributed by atoms with Crippen molar-refractivity contribution >= 4 is 50.7 Å². The number of rotatable bonds is 4. The summed E-state index contributed by atoms with van der Waals surface area (Å²) in [7, 11) is 0. The Labute approximate surface area is 150 Å². The van der Waals surface area contributed by atoms with Crippen LogP contribution in [0.1, 0.15) is 10.4 Å². The van der Waals surface area contributed by atoms with E-state index in [1.165, 1.54) is 17.4 Å². The Balaban J connectivity index is 1.69. The van der Waals surface area contributed by atoms with E-state index in [-0.39, 0.29) is 17.3 Å². The van der Waals surface area contributed by atoms with Crippen molar-refractivity contribution in [2.24, 2.45) is 0 Å². The second kappa shape index (κ2) is 6.93. The van der Waals surface area contributed by atoms with Crippen LogP contribution in [-0.4, -0.2) is 21.6 Å². The fraction of sp³-hybridized carbons (Fsp3) is 0.188. The minimum atomic E-state index is -1.02. The van der Waals surface area contributed by atoms with E-state index in [0.29, 0.717) is 11.0 Å². The van der Waals surface area contributed by atoms with Gasteiger partial charge in [-0.2, -0.15) is 0 Å². The first kappa shape index (κ1) is 17.6. The largest absolute Gasteiger partial charge is 0.383 e. The molecule has 0 unspecified atom stereocenters. The molecule has 5 nitrogen and oxygen atoms in total. The van der Waals surface area contributed by atoms with E-state index in [1.54, 1.807) is 0 Å². The molecule has 0 aliphatic heterocycles. The van der Waals surface area contributed by atoms with Crippen molar-refractivity contribution in [2.45, 2.75) is 19.0 Å². The van der Waals surface area contributed by atoms with Gasteiger partial charge >= 0.3 is 0 Å². The number of nitrogens with one attached hydrogen (secondary N) is 1. The van der Waals surface area contributed by atoms with E-state index < -0.39 is 11.6 Å². The van der Waals surface area contributed by atoms with E-state index in [2.05, 4.69) is 15.3 Å². The van der Waals surface area contributed by atoms with Gasteiger partial charge in [-0.3, -0.25) is 4.79 Å². The SMILES string of the molecule is Cc1sc2nc(SCC(=O)Nc3ccc(F)c(F)c3)nc(N)c2c1C. The van der Waals surface area contributed by atoms with Gasteiger partial charge in [0, 0.05) is 16.6 Å². The Bertz CT molecular complexity index is 974. The lowest BCUT2D eigenvalue weighted by Gasteiger charge is -2.06. The molecule has 0 saturated heterocycles. The molecule has 0 aliphatic rings. The molecule has 2 aromatic heterocycles. The maximum atomic E-state index is 13.1. The standard InChI is InChI=1S/C16H14F2N4OS2/c1-7-8(2)25-15-13(7)14(19)21-16(22-15)24-6-12(23)20-9-3-4-10(17)11(18)5-9/h3-5H,6H2,1-2H3,(H,20,23)(H2,19,21,22). The molecule has 3 aromatic rings. The Morgan fingerprint density at radius 3 is 2.76 bits per heavy atom. The molecule has 25 heavy (non-hydrogen) atoms. The summed E-state index contributed by atoms with van der Waals surface area (Å²) in [6.45, 7) is 3.96. The number of aryl methyl sites for hydroxylation is 2. The molecule has 0 radical (unpaired) electrons. The summed E-state index contributed by atoms with van der Waals surface area (Å²) < 4.78 is 26.0. The summed E-state index contributed by atoms with van der Waals surface area (Å²) in [5.74, 6) is -1.96. The van der Waals surface area contributed by atoms with Gasteiger partial charge < -0.3 is 11.1 Å². The van der Waals surface area contributed by atoms with Crippen LogP contribution in [0.2, 0.25) is 0 Å². The number of hydrogen-bond acceptors (Lipinski definition) is 6. The molecule has 130 valence electrons. The summed E-state index contributed by atoms with van der Waals surface area (Å²) in [6, 6.07) is 3.17. The number of carbonyl (C=O) groups excluding carboxylic acids is 1. The summed E-state index contributed by atoms with van der Waals surface area (Å²) in [6.07, 6.45) is 0. The van der Waals surface area contributed by atoms with E-state index in [1.807, 2.05) is 13.8 Å². The lowest BCUT2D eigenvalue weighted by Crippen LogP contribution is -2.14. The molecule has 0 atom stereocenters. The molecule has 0 spiro atoms. The number of halogens is 2. The third-order valence-corrected chi connectivity index (χ3v) is 5.52. The van der Waals surface area contributed by atoms with Crippen LogP contribution in [0.25, 0.3) is 10.2 Å². The number of nitrogen functional groups attached to an aromatic ring is 1. The number of thiophene rings is 1. The molecular weight excluding hydrogens is 366 g/mol. The van der Waals surface area contributed by atoms with E-state index >= 15 is 0 Å². The van der Waals surface area contributed by atoms with Crippen LogP contribution in [0.15, 0.2) is 23.4 Å². The third kappa shape index (κ3) is 3.72. The predicted octanol–water partition coefficient (Wildman–Crippen LogP) is 3.90. The van der Waals surface area contributed by atoms with Crippen molar-refractivity contribution in [1.29, 1.82) is 0 Å². The number of anilines is 2. The molecule has 1 amide bonds. The van der Waals surface area contributed by atoms with Gasteiger partial charge in [0.25, 0.3) is 0 Å². The lowest BCUT2D eigenvalue weighted by molar-refractivity contribution is -0.113. The molecule has 0 fully saturated rings. The number of carbonyl (C=O) groups is 1. The number of aromatic nitrogens is 2. The quantitative estimate of drug-likeness (QED) is 0.530. The maximum absolute atomic E-state index is 13.1. The first-order valence-electron chi connectivity index (χ1n) is 7.26. The molecule has 0 bridgehead atoms. The highest BCUT2D eigenvalue weighted by molar-refractivity contribution is 7.99. The van der Waals surface area contributed by atoms with E-state index in [0.717, 1.165) is 44.6 Å². The number of nitrogens with two attached hydrogens (primary N) is 1. The molecule has 0 saturated carbocycles. The number of fused-ring (bicyclic) bond motifs is 1. The minimum Gasteiger partial charge on any atom is -0.383 e. The van der Waals surface area contributed by atoms with Crippen molar-refractivity contribution in [3.63, 3.8) is 0 Å². The predicted molar refractivity (Wildman–Crippen MR) is 97.0 cm³/mol. The highest BCUT2D eigenvalue weighted by Gasteiger charge is 2.14. The second-order valence-corrected chi connectivity index (χ2v) is 7.47. The first-order valence-corrected chi connectivity index (χ1v) is 9.06. The average molecular weight is 380 g/mol. The van der Waals surface area contributed by atoms with Gasteiger partial charge in [-0.05, 0) is 31.5 Å². The van der Waals surface area contributed by atoms with Gasteiger partial charge in [-0.1, -0.05) is 11.8 Å². The van der Waals surface area contributed by atoms with E-state index in [4.69, 9.17) is 5.73 Å². The normalized spacial score (nSPS) is 11.0. The van der Waals surface area contributed by atoms with Crippen molar-refractivity contribution in [2.75, 3.05) is 16.8 Å². The zero-order valence-corrected chi connectivity index (χ0v) is 15.0. The van der Waals surface area contributed by atoms with E-state index in [9.17, 15) is 13.6 Å². The Hall–Kier alpha value is -2.26.